The first-order valence-corrected chi connectivity index (χ1v) is 8.65. The molecule has 0 amide bonds. The summed E-state index contributed by atoms with van der Waals surface area (Å²) >= 11 is 0. The van der Waals surface area contributed by atoms with Crippen LogP contribution in [-0.2, 0) is 19.3 Å². The Morgan fingerprint density at radius 1 is 0.818 bits per heavy atom. The van der Waals surface area contributed by atoms with Crippen LogP contribution in [0, 0.1) is 6.92 Å². The van der Waals surface area contributed by atoms with Crippen LogP contribution in [0.15, 0.2) is 24.3 Å². The van der Waals surface area contributed by atoms with E-state index in [-0.39, 0.29) is 0 Å². The first-order chi connectivity index (χ1) is 10.7. The lowest BCUT2D eigenvalue weighted by atomic mass is 9.94. The van der Waals surface area contributed by atoms with Gasteiger partial charge in [0.25, 0.3) is 0 Å². The number of hydrogen-bond donors (Lipinski definition) is 0. The Balaban J connectivity index is 2.43. The van der Waals surface area contributed by atoms with Crippen LogP contribution < -0.4 is 0 Å². The molecular weight excluding hydrogens is 268 g/mol. The minimum absolute atomic E-state index is 1.03. The maximum Gasteiger partial charge on any atom is 0.0964 e. The average Bonchev–Trinajstić information content (AvgIpc) is 2.55. The zero-order chi connectivity index (χ0) is 15.9. The first kappa shape index (κ1) is 16.7. The van der Waals surface area contributed by atoms with Crippen LogP contribution in [0.1, 0.15) is 62.4 Å². The molecule has 2 aromatic rings. The summed E-state index contributed by atoms with van der Waals surface area (Å²) in [5.41, 5.74) is 7.54. The van der Waals surface area contributed by atoms with Gasteiger partial charge in [0.15, 0.2) is 0 Å². The smallest absolute Gasteiger partial charge is 0.0964 e. The van der Waals surface area contributed by atoms with E-state index < -0.39 is 0 Å². The van der Waals surface area contributed by atoms with Gasteiger partial charge in [0.2, 0.25) is 0 Å². The molecule has 2 heteroatoms. The maximum atomic E-state index is 4.54. The maximum absolute atomic E-state index is 4.54. The average molecular weight is 296 g/mol. The minimum Gasteiger partial charge on any atom is -0.155 e. The molecule has 1 heterocycles. The highest BCUT2D eigenvalue weighted by molar-refractivity contribution is 5.64. The molecule has 0 aliphatic heterocycles. The number of aryl methyl sites for hydroxylation is 2. The standard InChI is InChI=1S/C20H28N2/c1-5-8-9-10-19-18(7-3)15(4)21-22-20(19)17-13-11-16(6-2)12-14-17/h11-14H,5-10H2,1-4H3. The van der Waals surface area contributed by atoms with E-state index in [0.717, 1.165) is 30.7 Å². The summed E-state index contributed by atoms with van der Waals surface area (Å²) in [5.74, 6) is 0. The summed E-state index contributed by atoms with van der Waals surface area (Å²) in [4.78, 5) is 0. The fourth-order valence-corrected chi connectivity index (χ4v) is 3.03. The second-order valence-electron chi connectivity index (χ2n) is 5.95. The summed E-state index contributed by atoms with van der Waals surface area (Å²) in [7, 11) is 0. The van der Waals surface area contributed by atoms with Crippen molar-refractivity contribution in [2.75, 3.05) is 0 Å². The van der Waals surface area contributed by atoms with Crippen molar-refractivity contribution in [3.05, 3.63) is 46.6 Å². The highest BCUT2D eigenvalue weighted by atomic mass is 15.1. The molecule has 1 aromatic carbocycles. The predicted molar refractivity (Wildman–Crippen MR) is 94.2 cm³/mol. The van der Waals surface area contributed by atoms with Gasteiger partial charge in [-0.15, -0.1) is 5.10 Å². The van der Waals surface area contributed by atoms with E-state index in [1.807, 2.05) is 0 Å². The van der Waals surface area contributed by atoms with Crippen molar-refractivity contribution in [2.45, 2.75) is 66.2 Å². The van der Waals surface area contributed by atoms with Gasteiger partial charge in [-0.2, -0.15) is 5.10 Å². The van der Waals surface area contributed by atoms with Gasteiger partial charge in [-0.1, -0.05) is 57.9 Å². The van der Waals surface area contributed by atoms with Crippen LogP contribution in [0.25, 0.3) is 11.3 Å². The van der Waals surface area contributed by atoms with E-state index in [1.54, 1.807) is 0 Å². The van der Waals surface area contributed by atoms with Gasteiger partial charge >= 0.3 is 0 Å². The summed E-state index contributed by atoms with van der Waals surface area (Å²) in [5, 5.41) is 8.95. The number of nitrogens with zero attached hydrogens (tertiary/aromatic N) is 2. The SMILES string of the molecule is CCCCCc1c(-c2ccc(CC)cc2)nnc(C)c1CC. The molecule has 0 spiro atoms. The molecule has 2 nitrogen and oxygen atoms in total. The van der Waals surface area contributed by atoms with E-state index >= 15 is 0 Å². The van der Waals surface area contributed by atoms with E-state index in [4.69, 9.17) is 0 Å². The Morgan fingerprint density at radius 2 is 1.55 bits per heavy atom. The molecule has 118 valence electrons. The molecule has 22 heavy (non-hydrogen) atoms. The molecule has 0 saturated heterocycles. The second-order valence-corrected chi connectivity index (χ2v) is 5.95. The van der Waals surface area contributed by atoms with E-state index in [1.165, 1.54) is 41.5 Å². The number of hydrogen-bond acceptors (Lipinski definition) is 2. The molecule has 0 fully saturated rings. The summed E-state index contributed by atoms with van der Waals surface area (Å²) < 4.78 is 0. The van der Waals surface area contributed by atoms with Crippen LogP contribution in [0.4, 0.5) is 0 Å². The highest BCUT2D eigenvalue weighted by Gasteiger charge is 2.14. The van der Waals surface area contributed by atoms with Crippen molar-refractivity contribution in [2.24, 2.45) is 0 Å². The lowest BCUT2D eigenvalue weighted by molar-refractivity contribution is 0.708. The van der Waals surface area contributed by atoms with E-state index in [2.05, 4.69) is 62.2 Å². The molecule has 2 rings (SSSR count). The number of rotatable bonds is 7. The van der Waals surface area contributed by atoms with Crippen LogP contribution >= 0.6 is 0 Å². The third-order valence-corrected chi connectivity index (χ3v) is 4.41. The van der Waals surface area contributed by atoms with Crippen molar-refractivity contribution in [1.82, 2.24) is 10.2 Å². The molecule has 1 aromatic heterocycles. The van der Waals surface area contributed by atoms with Gasteiger partial charge in [-0.3, -0.25) is 0 Å². The monoisotopic (exact) mass is 296 g/mol. The third-order valence-electron chi connectivity index (χ3n) is 4.41. The topological polar surface area (TPSA) is 25.8 Å². The van der Waals surface area contributed by atoms with Crippen LogP contribution in [0.2, 0.25) is 0 Å². The zero-order valence-corrected chi connectivity index (χ0v) is 14.4. The fraction of sp³-hybridized carbons (Fsp3) is 0.500. The first-order valence-electron chi connectivity index (χ1n) is 8.65. The lowest BCUT2D eigenvalue weighted by Gasteiger charge is -2.15. The van der Waals surface area contributed by atoms with Crippen LogP contribution in [0.5, 0.6) is 0 Å². The van der Waals surface area contributed by atoms with Crippen molar-refractivity contribution in [3.8, 4) is 11.3 Å². The summed E-state index contributed by atoms with van der Waals surface area (Å²) in [6, 6.07) is 8.80. The molecule has 0 bridgehead atoms. The van der Waals surface area contributed by atoms with Crippen molar-refractivity contribution >= 4 is 0 Å². The quantitative estimate of drug-likeness (QED) is 0.647. The Labute approximate surface area is 135 Å². The molecule has 0 N–H and O–H groups in total. The van der Waals surface area contributed by atoms with Gasteiger partial charge in [-0.05, 0) is 49.3 Å². The van der Waals surface area contributed by atoms with Gasteiger partial charge in [0.05, 0.1) is 11.4 Å². The van der Waals surface area contributed by atoms with Gasteiger partial charge < -0.3 is 0 Å². The van der Waals surface area contributed by atoms with Crippen LogP contribution in [0.3, 0.4) is 0 Å². The van der Waals surface area contributed by atoms with Crippen molar-refractivity contribution in [3.63, 3.8) is 0 Å². The molecular formula is C20H28N2. The zero-order valence-electron chi connectivity index (χ0n) is 14.4. The van der Waals surface area contributed by atoms with Crippen LogP contribution in [-0.4, -0.2) is 10.2 Å². The van der Waals surface area contributed by atoms with Crippen molar-refractivity contribution in [1.29, 1.82) is 0 Å². The Hall–Kier alpha value is -1.70. The Morgan fingerprint density at radius 3 is 2.14 bits per heavy atom. The van der Waals surface area contributed by atoms with Gasteiger partial charge in [0, 0.05) is 5.56 Å². The summed E-state index contributed by atoms with van der Waals surface area (Å²) in [6.07, 6.45) is 6.97. The molecule has 0 aliphatic carbocycles. The van der Waals surface area contributed by atoms with Gasteiger partial charge in [0.1, 0.15) is 0 Å². The van der Waals surface area contributed by atoms with E-state index in [0.29, 0.717) is 0 Å². The Bertz CT molecular complexity index is 600. The normalized spacial score (nSPS) is 10.9. The lowest BCUT2D eigenvalue weighted by Crippen LogP contribution is -2.05. The molecule has 0 atom stereocenters. The third kappa shape index (κ3) is 3.73. The number of aromatic nitrogens is 2. The number of unbranched alkanes of at least 4 members (excludes halogenated alkanes) is 2. The highest BCUT2D eigenvalue weighted by Crippen LogP contribution is 2.27. The molecule has 0 radical (unpaired) electrons. The second kappa shape index (κ2) is 8.07. The molecule has 0 unspecified atom stereocenters. The summed E-state index contributed by atoms with van der Waals surface area (Å²) in [6.45, 7) is 8.74. The van der Waals surface area contributed by atoms with E-state index in [9.17, 15) is 0 Å². The minimum atomic E-state index is 1.03. The number of benzene rings is 1. The Kier molecular flexibility index (Phi) is 6.11. The molecule has 0 saturated carbocycles. The van der Waals surface area contributed by atoms with Crippen molar-refractivity contribution < 1.29 is 0 Å². The van der Waals surface area contributed by atoms with Gasteiger partial charge in [-0.25, -0.2) is 0 Å². The predicted octanol–water partition coefficient (Wildman–Crippen LogP) is 5.31. The molecule has 0 aliphatic rings. The fourth-order valence-electron chi connectivity index (χ4n) is 3.03. The largest absolute Gasteiger partial charge is 0.155 e.